The summed E-state index contributed by atoms with van der Waals surface area (Å²) in [6.07, 6.45) is 3.93. The van der Waals surface area contributed by atoms with E-state index in [0.717, 1.165) is 22.5 Å². The Balaban J connectivity index is 0.00000231. The van der Waals surface area contributed by atoms with Crippen LogP contribution in [0.5, 0.6) is 0 Å². The van der Waals surface area contributed by atoms with Crippen LogP contribution in [0.1, 0.15) is 21.6 Å². The van der Waals surface area contributed by atoms with E-state index in [1.54, 1.807) is 35.0 Å². The van der Waals surface area contributed by atoms with E-state index in [0.29, 0.717) is 23.4 Å². The number of urea groups is 1. The second kappa shape index (κ2) is 7.62. The molecule has 156 valence electrons. The number of anilines is 2. The summed E-state index contributed by atoms with van der Waals surface area (Å²) in [7, 11) is 0. The van der Waals surface area contributed by atoms with E-state index in [-0.39, 0.29) is 23.5 Å². The van der Waals surface area contributed by atoms with Gasteiger partial charge >= 0.3 is 12.0 Å². The lowest BCUT2D eigenvalue weighted by molar-refractivity contribution is 0.0697. The lowest BCUT2D eigenvalue weighted by atomic mass is 10.1. The summed E-state index contributed by atoms with van der Waals surface area (Å²) >= 11 is 0. The number of amides is 2. The average molecular weight is 438 g/mol. The lowest BCUT2D eigenvalue weighted by Crippen LogP contribution is -2.19. The van der Waals surface area contributed by atoms with Crippen molar-refractivity contribution in [3.8, 4) is 11.3 Å². The van der Waals surface area contributed by atoms with Gasteiger partial charge in [-0.1, -0.05) is 12.1 Å². The number of carbonyl (C=O) groups is 2. The number of hydrogen-bond acceptors (Lipinski definition) is 4. The summed E-state index contributed by atoms with van der Waals surface area (Å²) in [4.78, 5) is 42.6. The third kappa shape index (κ3) is 3.51. The van der Waals surface area contributed by atoms with Gasteiger partial charge in [0.05, 0.1) is 17.0 Å². The van der Waals surface area contributed by atoms with Crippen molar-refractivity contribution in [2.75, 3.05) is 10.6 Å². The molecule has 0 radical (unpaired) electrons. The maximum absolute atomic E-state index is 12.3. The van der Waals surface area contributed by atoms with Gasteiger partial charge in [0.25, 0.3) is 5.56 Å². The summed E-state index contributed by atoms with van der Waals surface area (Å²) in [5.74, 6) is -1.07. The molecule has 0 fully saturated rings. The number of aromatic carboxylic acids is 1. The molecule has 0 spiro atoms. The average Bonchev–Trinajstić information content (AvgIpc) is 3.33. The number of carbonyl (C=O) groups excluding carboxylic acids is 1. The van der Waals surface area contributed by atoms with Gasteiger partial charge in [-0.15, -0.1) is 12.4 Å². The van der Waals surface area contributed by atoms with Gasteiger partial charge in [0, 0.05) is 35.8 Å². The molecular weight excluding hydrogens is 422 g/mol. The molecule has 0 aliphatic heterocycles. The quantitative estimate of drug-likeness (QED) is 0.344. The molecule has 0 atom stereocenters. The van der Waals surface area contributed by atoms with E-state index in [1.807, 2.05) is 12.1 Å². The Morgan fingerprint density at radius 2 is 1.87 bits per heavy atom. The number of hydrogen-bond donors (Lipinski definition) is 4. The highest BCUT2D eigenvalue weighted by Gasteiger charge is 2.23. The normalized spacial score (nSPS) is 11.4. The van der Waals surface area contributed by atoms with Crippen molar-refractivity contribution in [1.29, 1.82) is 0 Å². The Morgan fingerprint density at radius 3 is 2.65 bits per heavy atom. The highest BCUT2D eigenvalue weighted by molar-refractivity contribution is 6.01. The number of fused-ring (bicyclic) bond motifs is 5. The van der Waals surface area contributed by atoms with Crippen LogP contribution in [0.15, 0.2) is 59.7 Å². The summed E-state index contributed by atoms with van der Waals surface area (Å²) in [5.41, 5.74) is 4.69. The summed E-state index contributed by atoms with van der Waals surface area (Å²) in [6, 6.07) is 11.0. The van der Waals surface area contributed by atoms with Crippen LogP contribution in [0.2, 0.25) is 0 Å². The summed E-state index contributed by atoms with van der Waals surface area (Å²) < 4.78 is 1.78. The molecule has 0 bridgehead atoms. The molecule has 2 heterocycles. The van der Waals surface area contributed by atoms with E-state index in [9.17, 15) is 14.4 Å². The number of benzene rings is 2. The Kier molecular flexibility index (Phi) is 4.96. The topological polar surface area (TPSA) is 129 Å². The minimum absolute atomic E-state index is 0. The highest BCUT2D eigenvalue weighted by atomic mass is 35.5. The first-order valence-electron chi connectivity index (χ1n) is 9.12. The fraction of sp³-hybridized carbons (Fsp3) is 0.0476. The Bertz CT molecular complexity index is 1410. The number of nitrogens with one attached hydrogen (secondary N) is 3. The molecule has 0 unspecified atom stereocenters. The van der Waals surface area contributed by atoms with Gasteiger partial charge in [-0.05, 0) is 35.9 Å². The fourth-order valence-corrected chi connectivity index (χ4v) is 3.71. The van der Waals surface area contributed by atoms with Crippen molar-refractivity contribution in [3.05, 3.63) is 82.0 Å². The van der Waals surface area contributed by atoms with Gasteiger partial charge in [0.1, 0.15) is 0 Å². The summed E-state index contributed by atoms with van der Waals surface area (Å²) in [5, 5.41) is 14.4. The zero-order valence-corrected chi connectivity index (χ0v) is 16.7. The van der Waals surface area contributed by atoms with Gasteiger partial charge < -0.3 is 20.7 Å². The second-order valence-electron chi connectivity index (χ2n) is 6.91. The zero-order chi connectivity index (χ0) is 20.8. The second-order valence-corrected chi connectivity index (χ2v) is 6.91. The van der Waals surface area contributed by atoms with Crippen LogP contribution < -0.4 is 16.2 Å². The predicted octanol–water partition coefficient (Wildman–Crippen LogP) is 3.36. The van der Waals surface area contributed by atoms with Gasteiger partial charge in [-0.25, -0.2) is 14.6 Å². The van der Waals surface area contributed by atoms with Gasteiger partial charge in [-0.3, -0.25) is 9.20 Å². The van der Waals surface area contributed by atoms with E-state index >= 15 is 0 Å². The largest absolute Gasteiger partial charge is 0.478 e. The molecule has 31 heavy (non-hydrogen) atoms. The molecule has 2 amide bonds. The van der Waals surface area contributed by atoms with Crippen molar-refractivity contribution < 1.29 is 14.7 Å². The number of aromatic amines is 1. The predicted molar refractivity (Wildman–Crippen MR) is 117 cm³/mol. The van der Waals surface area contributed by atoms with Crippen LogP contribution in [0.25, 0.3) is 16.9 Å². The Hall–Kier alpha value is -4.11. The molecule has 2 aromatic heterocycles. The molecule has 1 aliphatic carbocycles. The monoisotopic (exact) mass is 437 g/mol. The molecule has 9 nitrogen and oxygen atoms in total. The maximum Gasteiger partial charge on any atom is 0.335 e. The van der Waals surface area contributed by atoms with Crippen molar-refractivity contribution in [1.82, 2.24) is 14.4 Å². The molecule has 5 rings (SSSR count). The van der Waals surface area contributed by atoms with Crippen LogP contribution in [0.4, 0.5) is 16.2 Å². The van der Waals surface area contributed by atoms with Crippen LogP contribution in [-0.2, 0) is 6.42 Å². The molecular formula is C21H16ClN5O4. The third-order valence-electron chi connectivity index (χ3n) is 5.02. The molecule has 4 N–H and O–H groups in total. The first-order valence-corrected chi connectivity index (χ1v) is 9.12. The van der Waals surface area contributed by atoms with Crippen LogP contribution in [0.3, 0.4) is 0 Å². The van der Waals surface area contributed by atoms with E-state index in [2.05, 4.69) is 20.6 Å². The van der Waals surface area contributed by atoms with Crippen LogP contribution in [0, 0.1) is 0 Å². The van der Waals surface area contributed by atoms with Crippen molar-refractivity contribution in [3.63, 3.8) is 0 Å². The number of rotatable bonds is 3. The van der Waals surface area contributed by atoms with Gasteiger partial charge in [0.2, 0.25) is 5.65 Å². The van der Waals surface area contributed by atoms with Crippen LogP contribution >= 0.6 is 12.4 Å². The number of halogens is 1. The van der Waals surface area contributed by atoms with E-state index in [1.165, 1.54) is 12.1 Å². The molecule has 2 aromatic carbocycles. The first kappa shape index (κ1) is 20.2. The number of imidazole rings is 1. The molecule has 4 aromatic rings. The molecule has 0 saturated heterocycles. The molecule has 10 heteroatoms. The lowest BCUT2D eigenvalue weighted by Gasteiger charge is -2.09. The SMILES string of the molecule is Cl.O=C(Nc1cccc(C(=O)O)c1)Nc1ccc2c(c1)Cc1c-2[nH]c(=O)c2nccn12. The van der Waals surface area contributed by atoms with E-state index < -0.39 is 12.0 Å². The van der Waals surface area contributed by atoms with Crippen LogP contribution in [-0.4, -0.2) is 31.5 Å². The van der Waals surface area contributed by atoms with Crippen molar-refractivity contribution in [2.45, 2.75) is 6.42 Å². The fourth-order valence-electron chi connectivity index (χ4n) is 3.71. The number of carboxylic acids is 1. The van der Waals surface area contributed by atoms with E-state index in [4.69, 9.17) is 5.11 Å². The third-order valence-corrected chi connectivity index (χ3v) is 5.02. The zero-order valence-electron chi connectivity index (χ0n) is 15.9. The summed E-state index contributed by atoms with van der Waals surface area (Å²) in [6.45, 7) is 0. The molecule has 0 saturated carbocycles. The van der Waals surface area contributed by atoms with Crippen molar-refractivity contribution >= 4 is 41.4 Å². The number of H-pyrrole nitrogens is 1. The first-order chi connectivity index (χ1) is 14.5. The smallest absolute Gasteiger partial charge is 0.335 e. The minimum atomic E-state index is -1.07. The Labute approximate surface area is 181 Å². The molecule has 1 aliphatic rings. The Morgan fingerprint density at radius 1 is 1.10 bits per heavy atom. The van der Waals surface area contributed by atoms with Gasteiger partial charge in [0.15, 0.2) is 0 Å². The standard InChI is InChI=1S/C21H15N5O4.ClH/c27-19-18-22-6-7-26(18)16-10-12-9-14(4-5-15(12)17(16)25-19)24-21(30)23-13-3-1-2-11(8-13)20(28)29;/h1-9H,10H2,(H,25,27)(H,28,29)(H2,23,24,30);1H. The number of carboxylic acid groups (broad SMARTS) is 1. The number of aromatic nitrogens is 3. The number of nitrogens with zero attached hydrogens (tertiary/aromatic N) is 2. The maximum atomic E-state index is 12.3. The van der Waals surface area contributed by atoms with Crippen molar-refractivity contribution in [2.24, 2.45) is 0 Å². The minimum Gasteiger partial charge on any atom is -0.478 e. The highest BCUT2D eigenvalue weighted by Crippen LogP contribution is 2.35. The van der Waals surface area contributed by atoms with Gasteiger partial charge in [-0.2, -0.15) is 0 Å².